The van der Waals surface area contributed by atoms with E-state index < -0.39 is 0 Å². The van der Waals surface area contributed by atoms with Gasteiger partial charge in [0.2, 0.25) is 0 Å². The Morgan fingerprint density at radius 2 is 2.17 bits per heavy atom. The molecule has 0 saturated heterocycles. The summed E-state index contributed by atoms with van der Waals surface area (Å²) in [5.74, 6) is 0.326. The normalized spacial score (nSPS) is 15.2. The first kappa shape index (κ1) is 12.1. The number of rotatable bonds is 4. The molecule has 2 rings (SSSR count). The molecule has 0 radical (unpaired) electrons. The van der Waals surface area contributed by atoms with Gasteiger partial charge in [-0.3, -0.25) is 10.2 Å². The number of oxime groups is 1. The zero-order chi connectivity index (χ0) is 13.0. The third-order valence-corrected chi connectivity index (χ3v) is 2.20. The van der Waals surface area contributed by atoms with Gasteiger partial charge in [-0.05, 0) is 17.3 Å². The zero-order valence-corrected chi connectivity index (χ0v) is 9.80. The largest absolute Gasteiger partial charge is 0.462 e. The van der Waals surface area contributed by atoms with Crippen LogP contribution in [0.15, 0.2) is 29.4 Å². The molecule has 18 heavy (non-hydrogen) atoms. The molecule has 1 heterocycles. The number of ether oxygens (including phenoxy) is 2. The van der Waals surface area contributed by atoms with E-state index in [1.54, 1.807) is 12.1 Å². The molecule has 1 aliphatic heterocycles. The molecule has 0 unspecified atom stereocenters. The Labute approximate surface area is 104 Å². The summed E-state index contributed by atoms with van der Waals surface area (Å²) in [7, 11) is 0. The van der Waals surface area contributed by atoms with Gasteiger partial charge in [-0.15, -0.1) is 0 Å². The molecule has 94 valence electrons. The molecule has 6 nitrogen and oxygen atoms in total. The minimum absolute atomic E-state index is 0.110. The summed E-state index contributed by atoms with van der Waals surface area (Å²) in [4.78, 5) is 15.4. The second-order valence-electron chi connectivity index (χ2n) is 3.54. The average Bonchev–Trinajstić information content (AvgIpc) is 2.66. The summed E-state index contributed by atoms with van der Waals surface area (Å²) < 4.78 is 10.0. The Morgan fingerprint density at radius 3 is 2.89 bits per heavy atom. The number of fused-ring (bicyclic) bond motifs is 1. The van der Waals surface area contributed by atoms with Crippen LogP contribution in [-0.2, 0) is 14.4 Å². The fourth-order valence-electron chi connectivity index (χ4n) is 1.42. The van der Waals surface area contributed by atoms with Crippen molar-refractivity contribution in [3.8, 4) is 5.75 Å². The number of carbonyl (C=O) groups excluding carboxylic acids is 1. The van der Waals surface area contributed by atoms with Gasteiger partial charge in [0.1, 0.15) is 18.1 Å². The second kappa shape index (κ2) is 5.31. The molecule has 0 bridgehead atoms. The number of para-hydroxylation sites is 1. The van der Waals surface area contributed by atoms with Crippen LogP contribution in [0.5, 0.6) is 5.75 Å². The standard InChI is InChI=1S/C12H12N2O4/c1-8(15)16-6-7-17-14-12-11(13)9-4-2-3-5-10(9)18-12/h2-5,13H,6-7H2,1H3/b13-11?,14-12-. The highest BCUT2D eigenvalue weighted by Crippen LogP contribution is 2.25. The first-order valence-corrected chi connectivity index (χ1v) is 5.38. The summed E-state index contributed by atoms with van der Waals surface area (Å²) in [5, 5.41) is 11.5. The van der Waals surface area contributed by atoms with E-state index in [1.807, 2.05) is 12.1 Å². The molecule has 0 aromatic heterocycles. The molecule has 1 aromatic carbocycles. The monoisotopic (exact) mass is 248 g/mol. The summed E-state index contributed by atoms with van der Waals surface area (Å²) in [6.07, 6.45) is 0. The lowest BCUT2D eigenvalue weighted by Crippen LogP contribution is -2.14. The van der Waals surface area contributed by atoms with Gasteiger partial charge in [-0.1, -0.05) is 12.1 Å². The number of nitrogens with one attached hydrogen (secondary N) is 1. The van der Waals surface area contributed by atoms with Gasteiger partial charge < -0.3 is 14.3 Å². The van der Waals surface area contributed by atoms with Crippen molar-refractivity contribution in [3.63, 3.8) is 0 Å². The lowest BCUT2D eigenvalue weighted by Gasteiger charge is -2.01. The lowest BCUT2D eigenvalue weighted by molar-refractivity contribution is -0.142. The van der Waals surface area contributed by atoms with E-state index in [9.17, 15) is 4.79 Å². The van der Waals surface area contributed by atoms with Gasteiger partial charge in [-0.2, -0.15) is 0 Å². The van der Waals surface area contributed by atoms with Crippen molar-refractivity contribution in [2.24, 2.45) is 5.16 Å². The van der Waals surface area contributed by atoms with Crippen LogP contribution in [0.3, 0.4) is 0 Å². The predicted octanol–water partition coefficient (Wildman–Crippen LogP) is 1.34. The number of hydrogen-bond donors (Lipinski definition) is 1. The highest BCUT2D eigenvalue weighted by atomic mass is 16.7. The Morgan fingerprint density at radius 1 is 1.39 bits per heavy atom. The molecule has 0 atom stereocenters. The third kappa shape index (κ3) is 2.65. The number of esters is 1. The van der Waals surface area contributed by atoms with Crippen molar-refractivity contribution >= 4 is 17.6 Å². The minimum atomic E-state index is -0.372. The quantitative estimate of drug-likeness (QED) is 0.495. The fourth-order valence-corrected chi connectivity index (χ4v) is 1.42. The summed E-state index contributed by atoms with van der Waals surface area (Å²) in [6, 6.07) is 7.17. The maximum absolute atomic E-state index is 10.5. The van der Waals surface area contributed by atoms with Crippen LogP contribution in [0, 0.1) is 5.41 Å². The number of hydrogen-bond acceptors (Lipinski definition) is 6. The maximum atomic E-state index is 10.5. The molecule has 1 aliphatic rings. The number of carbonyl (C=O) groups is 1. The van der Waals surface area contributed by atoms with Crippen molar-refractivity contribution in [2.45, 2.75) is 6.92 Å². The molecule has 0 saturated carbocycles. The van der Waals surface area contributed by atoms with Crippen LogP contribution < -0.4 is 4.74 Å². The maximum Gasteiger partial charge on any atom is 0.302 e. The van der Waals surface area contributed by atoms with Crippen molar-refractivity contribution in [3.05, 3.63) is 29.8 Å². The summed E-state index contributed by atoms with van der Waals surface area (Å²) in [6.45, 7) is 1.56. The number of nitrogens with zero attached hydrogens (tertiary/aromatic N) is 1. The van der Waals surface area contributed by atoms with E-state index in [0.29, 0.717) is 11.3 Å². The van der Waals surface area contributed by atoms with E-state index in [2.05, 4.69) is 9.89 Å². The van der Waals surface area contributed by atoms with Crippen LogP contribution in [-0.4, -0.2) is 30.8 Å². The third-order valence-electron chi connectivity index (χ3n) is 2.20. The van der Waals surface area contributed by atoms with Gasteiger partial charge in [0.05, 0.1) is 0 Å². The second-order valence-corrected chi connectivity index (χ2v) is 3.54. The van der Waals surface area contributed by atoms with Crippen LogP contribution >= 0.6 is 0 Å². The van der Waals surface area contributed by atoms with Gasteiger partial charge in [0.15, 0.2) is 6.61 Å². The molecular weight excluding hydrogens is 236 g/mol. The Balaban J connectivity index is 1.89. The first-order valence-electron chi connectivity index (χ1n) is 5.38. The summed E-state index contributed by atoms with van der Waals surface area (Å²) >= 11 is 0. The molecule has 0 amide bonds. The van der Waals surface area contributed by atoms with Gasteiger partial charge >= 0.3 is 5.97 Å². The molecule has 0 aliphatic carbocycles. The van der Waals surface area contributed by atoms with E-state index >= 15 is 0 Å². The van der Waals surface area contributed by atoms with E-state index in [0.717, 1.165) is 0 Å². The SMILES string of the molecule is CC(=O)OCCO/N=C1\Oc2ccccc2C1=N. The average molecular weight is 248 g/mol. The lowest BCUT2D eigenvalue weighted by atomic mass is 10.1. The van der Waals surface area contributed by atoms with Crippen molar-refractivity contribution in [1.82, 2.24) is 0 Å². The van der Waals surface area contributed by atoms with Gasteiger partial charge in [0, 0.05) is 12.5 Å². The van der Waals surface area contributed by atoms with Crippen LogP contribution in [0.2, 0.25) is 0 Å². The van der Waals surface area contributed by atoms with Crippen LogP contribution in [0.1, 0.15) is 12.5 Å². The van der Waals surface area contributed by atoms with Crippen molar-refractivity contribution < 1.29 is 19.1 Å². The van der Waals surface area contributed by atoms with Gasteiger partial charge in [-0.25, -0.2) is 0 Å². The fraction of sp³-hybridized carbons (Fsp3) is 0.250. The Kier molecular flexibility index (Phi) is 3.57. The van der Waals surface area contributed by atoms with Crippen molar-refractivity contribution in [1.29, 1.82) is 5.41 Å². The first-order chi connectivity index (χ1) is 8.68. The molecule has 1 aromatic rings. The van der Waals surface area contributed by atoms with Gasteiger partial charge in [0.25, 0.3) is 5.90 Å². The van der Waals surface area contributed by atoms with Crippen molar-refractivity contribution in [2.75, 3.05) is 13.2 Å². The minimum Gasteiger partial charge on any atom is -0.462 e. The predicted molar refractivity (Wildman–Crippen MR) is 63.9 cm³/mol. The molecule has 0 spiro atoms. The summed E-state index contributed by atoms with van der Waals surface area (Å²) in [5.41, 5.74) is 0.859. The van der Waals surface area contributed by atoms with Crippen LogP contribution in [0.4, 0.5) is 0 Å². The smallest absolute Gasteiger partial charge is 0.302 e. The highest BCUT2D eigenvalue weighted by molar-refractivity contribution is 6.47. The van der Waals surface area contributed by atoms with E-state index in [4.69, 9.17) is 15.0 Å². The Bertz CT molecular complexity index is 511. The molecule has 1 N–H and O–H groups in total. The molecule has 6 heteroatoms. The van der Waals surface area contributed by atoms with E-state index in [1.165, 1.54) is 6.92 Å². The van der Waals surface area contributed by atoms with Crippen LogP contribution in [0.25, 0.3) is 0 Å². The highest BCUT2D eigenvalue weighted by Gasteiger charge is 2.25. The Hall–Kier alpha value is -2.37. The zero-order valence-electron chi connectivity index (χ0n) is 9.80. The molecular formula is C12H12N2O4. The van der Waals surface area contributed by atoms with E-state index in [-0.39, 0.29) is 30.8 Å². The topological polar surface area (TPSA) is 81.0 Å². The number of benzene rings is 1. The molecule has 0 fully saturated rings.